The van der Waals surface area contributed by atoms with Crippen LogP contribution < -0.4 is 11.1 Å². The fraction of sp³-hybridized carbons (Fsp3) is 0.923. The highest BCUT2D eigenvalue weighted by Crippen LogP contribution is 2.23. The van der Waals surface area contributed by atoms with Crippen LogP contribution in [0.25, 0.3) is 0 Å². The minimum absolute atomic E-state index is 0.269. The second-order valence-electron chi connectivity index (χ2n) is 5.30. The summed E-state index contributed by atoms with van der Waals surface area (Å²) in [5, 5.41) is 3.07. The number of primary amides is 1. The molecule has 1 fully saturated rings. The van der Waals surface area contributed by atoms with Gasteiger partial charge in [-0.05, 0) is 33.4 Å². The molecule has 0 saturated heterocycles. The largest absolute Gasteiger partial charge is 0.368 e. The molecule has 1 aliphatic rings. The monoisotopic (exact) mass is 241 g/mol. The zero-order chi connectivity index (χ0) is 12.9. The molecule has 3 N–H and O–H groups in total. The van der Waals surface area contributed by atoms with Crippen molar-refractivity contribution < 1.29 is 4.79 Å². The van der Waals surface area contributed by atoms with E-state index in [9.17, 15) is 4.79 Å². The van der Waals surface area contributed by atoms with E-state index in [1.54, 1.807) is 7.05 Å². The van der Waals surface area contributed by atoms with E-state index in [1.807, 2.05) is 6.92 Å². The molecule has 17 heavy (non-hydrogen) atoms. The van der Waals surface area contributed by atoms with Crippen LogP contribution in [0.5, 0.6) is 0 Å². The smallest absolute Gasteiger partial charge is 0.238 e. The van der Waals surface area contributed by atoms with Gasteiger partial charge in [0, 0.05) is 12.6 Å². The molecule has 1 amide bonds. The quantitative estimate of drug-likeness (QED) is 0.732. The molecule has 1 rings (SSSR count). The molecule has 100 valence electrons. The van der Waals surface area contributed by atoms with Crippen LogP contribution in [0.1, 0.15) is 46.0 Å². The highest BCUT2D eigenvalue weighted by molar-refractivity contribution is 5.84. The molecule has 4 nitrogen and oxygen atoms in total. The molecule has 0 bridgehead atoms. The topological polar surface area (TPSA) is 58.4 Å². The zero-order valence-electron chi connectivity index (χ0n) is 11.5. The Labute approximate surface area is 105 Å². The van der Waals surface area contributed by atoms with Crippen LogP contribution in [-0.2, 0) is 4.79 Å². The number of nitrogens with two attached hydrogens (primary N) is 1. The van der Waals surface area contributed by atoms with Crippen LogP contribution >= 0.6 is 0 Å². The summed E-state index contributed by atoms with van der Waals surface area (Å²) >= 11 is 0. The average Bonchev–Trinajstić information content (AvgIpc) is 2.36. The highest BCUT2D eigenvalue weighted by atomic mass is 16.1. The third-order valence-corrected chi connectivity index (χ3v) is 4.11. The minimum atomic E-state index is -0.618. The molecule has 4 heteroatoms. The van der Waals surface area contributed by atoms with Crippen molar-refractivity contribution in [3.8, 4) is 0 Å². The number of carbonyl (C=O) groups excluding carboxylic acids is 1. The first kappa shape index (κ1) is 14.5. The van der Waals surface area contributed by atoms with Crippen molar-refractivity contribution in [2.45, 2.75) is 57.5 Å². The first-order valence-corrected chi connectivity index (χ1v) is 6.76. The van der Waals surface area contributed by atoms with Crippen molar-refractivity contribution in [2.24, 2.45) is 5.73 Å². The Kier molecular flexibility index (Phi) is 5.40. The number of carbonyl (C=O) groups is 1. The summed E-state index contributed by atoms with van der Waals surface area (Å²) in [6, 6.07) is 0.626. The van der Waals surface area contributed by atoms with Crippen molar-refractivity contribution >= 4 is 5.91 Å². The second-order valence-corrected chi connectivity index (χ2v) is 5.30. The lowest BCUT2D eigenvalue weighted by Crippen LogP contribution is -2.59. The van der Waals surface area contributed by atoms with Gasteiger partial charge in [0.25, 0.3) is 0 Å². The van der Waals surface area contributed by atoms with Crippen molar-refractivity contribution in [1.29, 1.82) is 0 Å². The molecule has 0 spiro atoms. The van der Waals surface area contributed by atoms with Gasteiger partial charge in [0.05, 0.1) is 0 Å². The Morgan fingerprint density at radius 1 is 1.41 bits per heavy atom. The van der Waals surface area contributed by atoms with E-state index in [0.717, 1.165) is 6.54 Å². The number of amides is 1. The molecule has 1 saturated carbocycles. The molecule has 0 aromatic heterocycles. The average molecular weight is 241 g/mol. The van der Waals surface area contributed by atoms with Gasteiger partial charge in [0.15, 0.2) is 0 Å². The molecule has 1 unspecified atom stereocenters. The van der Waals surface area contributed by atoms with Gasteiger partial charge in [-0.25, -0.2) is 0 Å². The Balaban J connectivity index is 2.64. The number of nitrogens with one attached hydrogen (secondary N) is 1. The van der Waals surface area contributed by atoms with Gasteiger partial charge in [-0.15, -0.1) is 0 Å². The maximum atomic E-state index is 11.5. The summed E-state index contributed by atoms with van der Waals surface area (Å²) in [4.78, 5) is 13.9. The number of rotatable bonds is 6. The summed E-state index contributed by atoms with van der Waals surface area (Å²) in [6.07, 6.45) is 6.49. The molecular weight excluding hydrogens is 214 g/mol. The molecule has 0 radical (unpaired) electrons. The first-order chi connectivity index (χ1) is 8.03. The van der Waals surface area contributed by atoms with E-state index in [0.29, 0.717) is 12.6 Å². The fourth-order valence-corrected chi connectivity index (χ4v) is 2.63. The summed E-state index contributed by atoms with van der Waals surface area (Å²) in [7, 11) is 1.81. The Hall–Kier alpha value is -0.610. The third-order valence-electron chi connectivity index (χ3n) is 4.11. The summed E-state index contributed by atoms with van der Waals surface area (Å²) in [6.45, 7) is 5.74. The molecular formula is C13H27N3O. The Morgan fingerprint density at radius 2 is 2.00 bits per heavy atom. The molecule has 0 heterocycles. The van der Waals surface area contributed by atoms with Gasteiger partial charge in [-0.2, -0.15) is 0 Å². The summed E-state index contributed by atoms with van der Waals surface area (Å²) in [5.41, 5.74) is 4.87. The highest BCUT2D eigenvalue weighted by Gasteiger charge is 2.33. The lowest BCUT2D eigenvalue weighted by Gasteiger charge is -2.39. The van der Waals surface area contributed by atoms with Gasteiger partial charge in [0.2, 0.25) is 5.91 Å². The molecule has 1 atom stereocenters. The third kappa shape index (κ3) is 3.68. The van der Waals surface area contributed by atoms with E-state index in [2.05, 4.69) is 17.1 Å². The standard InChI is InChI=1S/C13H27N3O/c1-4-16(11-8-6-5-7-9-11)10-13(2,15-3)12(14)17/h11,15H,4-10H2,1-3H3,(H2,14,17). The van der Waals surface area contributed by atoms with Crippen molar-refractivity contribution in [3.63, 3.8) is 0 Å². The van der Waals surface area contributed by atoms with E-state index >= 15 is 0 Å². The Bertz CT molecular complexity index is 251. The van der Waals surface area contributed by atoms with Crippen LogP contribution in [0.15, 0.2) is 0 Å². The van der Waals surface area contributed by atoms with Crippen LogP contribution in [0.3, 0.4) is 0 Å². The van der Waals surface area contributed by atoms with Crippen molar-refractivity contribution in [1.82, 2.24) is 10.2 Å². The van der Waals surface area contributed by atoms with Crippen LogP contribution in [0.2, 0.25) is 0 Å². The van der Waals surface area contributed by atoms with E-state index < -0.39 is 5.54 Å². The van der Waals surface area contributed by atoms with Gasteiger partial charge in [0.1, 0.15) is 5.54 Å². The van der Waals surface area contributed by atoms with Crippen molar-refractivity contribution in [3.05, 3.63) is 0 Å². The summed E-state index contributed by atoms with van der Waals surface area (Å²) in [5.74, 6) is -0.269. The van der Waals surface area contributed by atoms with Crippen LogP contribution in [-0.4, -0.2) is 42.5 Å². The maximum Gasteiger partial charge on any atom is 0.238 e. The van der Waals surface area contributed by atoms with E-state index in [4.69, 9.17) is 5.73 Å². The normalized spacial score (nSPS) is 21.4. The number of hydrogen-bond acceptors (Lipinski definition) is 3. The van der Waals surface area contributed by atoms with Gasteiger partial charge >= 0.3 is 0 Å². The SMILES string of the molecule is CCN(CC(C)(NC)C(N)=O)C1CCCCC1. The summed E-state index contributed by atoms with van der Waals surface area (Å²) < 4.78 is 0. The molecule has 0 aromatic rings. The predicted molar refractivity (Wildman–Crippen MR) is 70.8 cm³/mol. The number of nitrogens with zero attached hydrogens (tertiary/aromatic N) is 1. The van der Waals surface area contributed by atoms with Crippen molar-refractivity contribution in [2.75, 3.05) is 20.1 Å². The Morgan fingerprint density at radius 3 is 2.41 bits per heavy atom. The maximum absolute atomic E-state index is 11.5. The molecule has 0 aromatic carbocycles. The van der Waals surface area contributed by atoms with Gasteiger partial charge in [-0.1, -0.05) is 26.2 Å². The minimum Gasteiger partial charge on any atom is -0.368 e. The predicted octanol–water partition coefficient (Wildman–Crippen LogP) is 1.10. The van der Waals surface area contributed by atoms with Crippen LogP contribution in [0.4, 0.5) is 0 Å². The van der Waals surface area contributed by atoms with Gasteiger partial charge in [-0.3, -0.25) is 9.69 Å². The van der Waals surface area contributed by atoms with E-state index in [1.165, 1.54) is 32.1 Å². The molecule has 1 aliphatic carbocycles. The first-order valence-electron chi connectivity index (χ1n) is 6.76. The lowest BCUT2D eigenvalue weighted by molar-refractivity contribution is -0.124. The lowest BCUT2D eigenvalue weighted by atomic mass is 9.92. The zero-order valence-corrected chi connectivity index (χ0v) is 11.5. The van der Waals surface area contributed by atoms with E-state index in [-0.39, 0.29) is 5.91 Å². The second kappa shape index (κ2) is 6.36. The molecule has 0 aliphatic heterocycles. The number of likely N-dealkylation sites (N-methyl/N-ethyl adjacent to an activating group) is 2. The van der Waals surface area contributed by atoms with Gasteiger partial charge < -0.3 is 11.1 Å². The fourth-order valence-electron chi connectivity index (χ4n) is 2.63. The van der Waals surface area contributed by atoms with Crippen LogP contribution in [0, 0.1) is 0 Å². The number of hydrogen-bond donors (Lipinski definition) is 2.